The Bertz CT molecular complexity index is 1040. The Morgan fingerprint density at radius 3 is 2.66 bits per heavy atom. The number of fused-ring (bicyclic) bond motifs is 1. The Hall–Kier alpha value is -3.53. The van der Waals surface area contributed by atoms with Crippen molar-refractivity contribution in [1.29, 1.82) is 0 Å². The minimum Gasteiger partial charge on any atom is -0.502 e. The summed E-state index contributed by atoms with van der Waals surface area (Å²) in [7, 11) is 3.05. The van der Waals surface area contributed by atoms with Crippen molar-refractivity contribution in [2.45, 2.75) is 25.9 Å². The number of amides is 1. The highest BCUT2D eigenvalue weighted by atomic mass is 16.5. The first-order chi connectivity index (χ1) is 15.6. The van der Waals surface area contributed by atoms with Crippen LogP contribution >= 0.6 is 0 Å². The largest absolute Gasteiger partial charge is 0.502 e. The molecule has 0 atom stereocenters. The molecular formula is C22H27N5O5. The van der Waals surface area contributed by atoms with Crippen LogP contribution in [-0.4, -0.2) is 64.5 Å². The van der Waals surface area contributed by atoms with Crippen LogP contribution in [0.2, 0.25) is 0 Å². The Balaban J connectivity index is 1.36. The van der Waals surface area contributed by atoms with E-state index in [2.05, 4.69) is 25.0 Å². The Labute approximate surface area is 185 Å². The van der Waals surface area contributed by atoms with E-state index in [1.807, 2.05) is 12.1 Å². The minimum absolute atomic E-state index is 0.00493. The van der Waals surface area contributed by atoms with Crippen LogP contribution in [0.15, 0.2) is 35.1 Å². The number of phenols is 1. The second-order valence-corrected chi connectivity index (χ2v) is 7.58. The minimum atomic E-state index is -0.166. The van der Waals surface area contributed by atoms with Crippen molar-refractivity contribution in [1.82, 2.24) is 25.0 Å². The van der Waals surface area contributed by atoms with E-state index in [1.54, 1.807) is 6.07 Å². The normalized spacial score (nSPS) is 13.9. The first-order valence-corrected chi connectivity index (χ1v) is 10.5. The fourth-order valence-corrected chi connectivity index (χ4v) is 3.85. The van der Waals surface area contributed by atoms with Gasteiger partial charge in [-0.3, -0.25) is 9.69 Å². The Morgan fingerprint density at radius 2 is 1.97 bits per heavy atom. The first kappa shape index (κ1) is 21.7. The Morgan fingerprint density at radius 1 is 1.19 bits per heavy atom. The van der Waals surface area contributed by atoms with E-state index in [-0.39, 0.29) is 11.7 Å². The van der Waals surface area contributed by atoms with Crippen molar-refractivity contribution in [2.24, 2.45) is 0 Å². The monoisotopic (exact) mass is 441 g/mol. The molecular weight excluding hydrogens is 414 g/mol. The molecule has 0 unspecified atom stereocenters. The summed E-state index contributed by atoms with van der Waals surface area (Å²) in [5.41, 5.74) is 1.50. The summed E-state index contributed by atoms with van der Waals surface area (Å²) in [6.45, 7) is 3.59. The van der Waals surface area contributed by atoms with Crippen molar-refractivity contribution in [3.8, 4) is 17.2 Å². The number of methoxy groups -OCH3 is 2. The maximum atomic E-state index is 12.1. The highest BCUT2D eigenvalue weighted by Crippen LogP contribution is 2.37. The van der Waals surface area contributed by atoms with Crippen molar-refractivity contribution in [3.05, 3.63) is 53.5 Å². The van der Waals surface area contributed by atoms with Gasteiger partial charge in [0, 0.05) is 45.6 Å². The first-order valence-electron chi connectivity index (χ1n) is 10.5. The average molecular weight is 441 g/mol. The molecule has 1 aromatic carbocycles. The summed E-state index contributed by atoms with van der Waals surface area (Å²) < 4.78 is 17.6. The summed E-state index contributed by atoms with van der Waals surface area (Å²) in [6, 6.07) is 5.29. The molecule has 0 bridgehead atoms. The van der Waals surface area contributed by atoms with Gasteiger partial charge >= 0.3 is 0 Å². The van der Waals surface area contributed by atoms with Gasteiger partial charge in [0.25, 0.3) is 5.91 Å². The molecule has 1 amide bonds. The van der Waals surface area contributed by atoms with Gasteiger partial charge in [0.1, 0.15) is 17.9 Å². The van der Waals surface area contributed by atoms with Crippen molar-refractivity contribution < 1.29 is 23.8 Å². The van der Waals surface area contributed by atoms with E-state index >= 15 is 0 Å². The van der Waals surface area contributed by atoms with Crippen molar-refractivity contribution in [2.75, 3.05) is 33.9 Å². The van der Waals surface area contributed by atoms with Gasteiger partial charge in [-0.25, -0.2) is 0 Å². The molecule has 170 valence electrons. The van der Waals surface area contributed by atoms with E-state index in [0.717, 1.165) is 43.3 Å². The lowest BCUT2D eigenvalue weighted by Gasteiger charge is -2.21. The second-order valence-electron chi connectivity index (χ2n) is 7.58. The van der Waals surface area contributed by atoms with Crippen molar-refractivity contribution in [3.63, 3.8) is 0 Å². The molecule has 2 aromatic heterocycles. The smallest absolute Gasteiger partial charge is 0.254 e. The number of phenolic OH excluding ortho intramolecular Hbond substituents is 1. The second kappa shape index (κ2) is 9.73. The van der Waals surface area contributed by atoms with Gasteiger partial charge in [-0.05, 0) is 23.8 Å². The molecule has 3 heterocycles. The fraction of sp³-hybridized carbons (Fsp3) is 0.409. The van der Waals surface area contributed by atoms with E-state index < -0.39 is 0 Å². The molecule has 0 saturated heterocycles. The van der Waals surface area contributed by atoms with E-state index in [9.17, 15) is 9.90 Å². The van der Waals surface area contributed by atoms with Crippen LogP contribution in [0.25, 0.3) is 0 Å². The number of furan rings is 1. The zero-order valence-electron chi connectivity index (χ0n) is 18.2. The molecule has 4 rings (SSSR count). The molecule has 0 saturated carbocycles. The number of aromatic nitrogens is 3. The number of benzene rings is 1. The molecule has 0 radical (unpaired) electrons. The number of rotatable bonds is 8. The molecule has 10 heteroatoms. The summed E-state index contributed by atoms with van der Waals surface area (Å²) in [6.07, 6.45) is 4.28. The van der Waals surface area contributed by atoms with Gasteiger partial charge < -0.3 is 28.9 Å². The third kappa shape index (κ3) is 4.70. The van der Waals surface area contributed by atoms with Crippen LogP contribution in [-0.2, 0) is 25.9 Å². The summed E-state index contributed by atoms with van der Waals surface area (Å²) in [4.78, 5) is 14.4. The molecule has 2 N–H and O–H groups in total. The van der Waals surface area contributed by atoms with Crippen LogP contribution in [0.3, 0.4) is 0 Å². The van der Waals surface area contributed by atoms with Gasteiger partial charge in [-0.15, -0.1) is 10.2 Å². The zero-order valence-corrected chi connectivity index (χ0v) is 18.2. The zero-order chi connectivity index (χ0) is 22.5. The standard InChI is InChI=1S/C22H27N5O5/c1-30-17-11-15(12-18(31-2)21(17)28)13-26-7-4-20-25-24-19(27(20)9-8-26)3-6-23-22(29)16-5-10-32-14-16/h5,10-12,14,28H,3-4,6-9,13H2,1-2H3,(H,23,29). The number of nitrogens with zero attached hydrogens (tertiary/aromatic N) is 4. The molecule has 0 spiro atoms. The van der Waals surface area contributed by atoms with E-state index in [1.165, 1.54) is 26.7 Å². The molecule has 32 heavy (non-hydrogen) atoms. The topological polar surface area (TPSA) is 115 Å². The lowest BCUT2D eigenvalue weighted by atomic mass is 10.1. The van der Waals surface area contributed by atoms with Crippen LogP contribution in [0.5, 0.6) is 17.2 Å². The third-order valence-electron chi connectivity index (χ3n) is 5.56. The maximum absolute atomic E-state index is 12.1. The van der Waals surface area contributed by atoms with Crippen LogP contribution in [0.1, 0.15) is 27.6 Å². The number of aromatic hydroxyl groups is 1. The number of nitrogens with one attached hydrogen (secondary N) is 1. The lowest BCUT2D eigenvalue weighted by Crippen LogP contribution is -2.28. The number of hydrogen-bond donors (Lipinski definition) is 2. The summed E-state index contributed by atoms with van der Waals surface area (Å²) >= 11 is 0. The number of hydrogen-bond acceptors (Lipinski definition) is 8. The summed E-state index contributed by atoms with van der Waals surface area (Å²) in [5.74, 6) is 2.44. The molecule has 1 aliphatic rings. The van der Waals surface area contributed by atoms with Gasteiger partial charge in [-0.1, -0.05) is 0 Å². The van der Waals surface area contributed by atoms with Gasteiger partial charge in [0.15, 0.2) is 11.5 Å². The molecule has 1 aliphatic heterocycles. The third-order valence-corrected chi connectivity index (χ3v) is 5.56. The quantitative estimate of drug-likeness (QED) is 0.542. The predicted octanol–water partition coefficient (Wildman–Crippen LogP) is 1.62. The van der Waals surface area contributed by atoms with E-state index in [0.29, 0.717) is 36.6 Å². The van der Waals surface area contributed by atoms with Gasteiger partial charge in [-0.2, -0.15) is 0 Å². The molecule has 3 aromatic rings. The van der Waals surface area contributed by atoms with Crippen molar-refractivity contribution >= 4 is 5.91 Å². The predicted molar refractivity (Wildman–Crippen MR) is 115 cm³/mol. The summed E-state index contributed by atoms with van der Waals surface area (Å²) in [5, 5.41) is 21.7. The number of ether oxygens (including phenoxy) is 2. The number of carbonyl (C=O) groups is 1. The molecule has 0 aliphatic carbocycles. The SMILES string of the molecule is COc1cc(CN2CCc3nnc(CCNC(=O)c4ccoc4)n3CC2)cc(OC)c1O. The molecule has 10 nitrogen and oxygen atoms in total. The van der Waals surface area contributed by atoms with Crippen LogP contribution in [0.4, 0.5) is 0 Å². The fourth-order valence-electron chi connectivity index (χ4n) is 3.85. The van der Waals surface area contributed by atoms with Crippen LogP contribution < -0.4 is 14.8 Å². The van der Waals surface area contributed by atoms with Crippen LogP contribution in [0, 0.1) is 0 Å². The van der Waals surface area contributed by atoms with E-state index in [4.69, 9.17) is 13.9 Å². The maximum Gasteiger partial charge on any atom is 0.254 e. The number of carbonyl (C=O) groups excluding carboxylic acids is 1. The van der Waals surface area contributed by atoms with Gasteiger partial charge in [0.05, 0.1) is 26.0 Å². The van der Waals surface area contributed by atoms with Gasteiger partial charge in [0.2, 0.25) is 5.75 Å². The average Bonchev–Trinajstić information content (AvgIpc) is 3.43. The Kier molecular flexibility index (Phi) is 6.60. The lowest BCUT2D eigenvalue weighted by molar-refractivity contribution is 0.0953. The highest BCUT2D eigenvalue weighted by molar-refractivity contribution is 5.93. The highest BCUT2D eigenvalue weighted by Gasteiger charge is 2.20. The molecule has 0 fully saturated rings.